The Morgan fingerprint density at radius 2 is 1.79 bits per heavy atom. The van der Waals surface area contributed by atoms with Crippen LogP contribution in [0.1, 0.15) is 25.6 Å². The van der Waals surface area contributed by atoms with E-state index in [1.54, 1.807) is 0 Å². The van der Waals surface area contributed by atoms with E-state index in [0.29, 0.717) is 0 Å². The van der Waals surface area contributed by atoms with Crippen LogP contribution in [-0.4, -0.2) is 10.1 Å². The van der Waals surface area contributed by atoms with E-state index in [1.807, 2.05) is 0 Å². The van der Waals surface area contributed by atoms with Crippen LogP contribution >= 0.6 is 12.4 Å². The highest BCUT2D eigenvalue weighted by Crippen LogP contribution is 2.28. The van der Waals surface area contributed by atoms with E-state index < -0.39 is 17.6 Å². The molecule has 1 aromatic rings. The molecule has 0 saturated carbocycles. The molecule has 4 nitrogen and oxygen atoms in total. The summed E-state index contributed by atoms with van der Waals surface area (Å²) in [6.45, 7) is 2.97. The van der Waals surface area contributed by atoms with Crippen molar-refractivity contribution in [3.8, 4) is 0 Å². The van der Waals surface area contributed by atoms with Crippen LogP contribution in [0.2, 0.25) is 0 Å². The highest BCUT2D eigenvalue weighted by Gasteiger charge is 2.39. The maximum Gasteiger partial charge on any atom is 0.471 e. The van der Waals surface area contributed by atoms with E-state index in [9.17, 15) is 13.2 Å². The molecule has 0 aliphatic carbocycles. The van der Waals surface area contributed by atoms with Gasteiger partial charge in [-0.05, 0) is 13.8 Å². The Morgan fingerprint density at radius 3 is 2.00 bits per heavy atom. The molecule has 2 N–H and O–H groups in total. The number of hydrogen-bond donors (Lipinski definition) is 1. The van der Waals surface area contributed by atoms with Crippen LogP contribution < -0.4 is 5.73 Å². The third-order valence-electron chi connectivity index (χ3n) is 1.24. The minimum absolute atomic E-state index is 0. The lowest BCUT2D eigenvalue weighted by Gasteiger charge is -2.11. The first kappa shape index (κ1) is 13.2. The molecule has 0 amide bonds. The van der Waals surface area contributed by atoms with Crippen molar-refractivity contribution < 1.29 is 17.7 Å². The number of halogens is 4. The SMILES string of the molecule is CC(C)(N)c1noc(C(F)(F)F)n1.Cl. The van der Waals surface area contributed by atoms with E-state index in [2.05, 4.69) is 14.7 Å². The molecule has 0 aliphatic heterocycles. The predicted octanol–water partition coefficient (Wildman–Crippen LogP) is 1.70. The van der Waals surface area contributed by atoms with Gasteiger partial charge in [-0.1, -0.05) is 5.16 Å². The van der Waals surface area contributed by atoms with E-state index in [1.165, 1.54) is 13.8 Å². The third kappa shape index (κ3) is 2.85. The van der Waals surface area contributed by atoms with Gasteiger partial charge in [0.1, 0.15) is 0 Å². The van der Waals surface area contributed by atoms with Crippen LogP contribution in [0.5, 0.6) is 0 Å². The van der Waals surface area contributed by atoms with Crippen LogP contribution in [0.15, 0.2) is 4.52 Å². The number of rotatable bonds is 1. The van der Waals surface area contributed by atoms with Gasteiger partial charge in [-0.2, -0.15) is 18.2 Å². The summed E-state index contributed by atoms with van der Waals surface area (Å²) in [4.78, 5) is 3.12. The molecule has 14 heavy (non-hydrogen) atoms. The van der Waals surface area contributed by atoms with Crippen molar-refractivity contribution in [2.24, 2.45) is 5.73 Å². The molecular weight excluding hydrogens is 223 g/mol. The first-order valence-electron chi connectivity index (χ1n) is 3.41. The van der Waals surface area contributed by atoms with Crippen LogP contribution in [0.4, 0.5) is 13.2 Å². The van der Waals surface area contributed by atoms with Gasteiger partial charge in [0.15, 0.2) is 5.82 Å². The second-order valence-electron chi connectivity index (χ2n) is 3.14. The van der Waals surface area contributed by atoms with Gasteiger partial charge in [-0.25, -0.2) is 0 Å². The Balaban J connectivity index is 0.00000169. The molecule has 0 spiro atoms. The van der Waals surface area contributed by atoms with Crippen molar-refractivity contribution in [1.29, 1.82) is 0 Å². The Bertz CT molecular complexity index is 276. The lowest BCUT2D eigenvalue weighted by molar-refractivity contribution is -0.159. The van der Waals surface area contributed by atoms with Crippen molar-refractivity contribution in [3.05, 3.63) is 11.7 Å². The summed E-state index contributed by atoms with van der Waals surface area (Å²) in [6.07, 6.45) is -4.61. The summed E-state index contributed by atoms with van der Waals surface area (Å²) in [5.41, 5.74) is 4.43. The number of aromatic nitrogens is 2. The molecule has 0 aliphatic rings. The number of nitrogens with zero attached hydrogens (tertiary/aromatic N) is 2. The van der Waals surface area contributed by atoms with Gasteiger partial charge in [0.2, 0.25) is 0 Å². The van der Waals surface area contributed by atoms with Crippen molar-refractivity contribution >= 4 is 12.4 Å². The van der Waals surface area contributed by atoms with Gasteiger partial charge >= 0.3 is 12.1 Å². The summed E-state index contributed by atoms with van der Waals surface area (Å²) in [7, 11) is 0. The van der Waals surface area contributed by atoms with Crippen molar-refractivity contribution in [2.45, 2.75) is 25.6 Å². The minimum atomic E-state index is -4.61. The summed E-state index contributed by atoms with van der Waals surface area (Å²) in [5, 5.41) is 3.12. The Hall–Kier alpha value is -0.820. The summed E-state index contributed by atoms with van der Waals surface area (Å²) in [6, 6.07) is 0. The number of alkyl halides is 3. The lowest BCUT2D eigenvalue weighted by atomic mass is 10.1. The first-order chi connectivity index (χ1) is 5.71. The molecule has 0 aromatic carbocycles. The molecule has 8 heteroatoms. The highest BCUT2D eigenvalue weighted by molar-refractivity contribution is 5.85. The van der Waals surface area contributed by atoms with E-state index in [0.717, 1.165) is 0 Å². The molecule has 1 aromatic heterocycles. The zero-order chi connectivity index (χ0) is 10.3. The molecule has 0 radical (unpaired) electrons. The molecule has 1 rings (SSSR count). The molecule has 1 heterocycles. The zero-order valence-corrected chi connectivity index (χ0v) is 8.24. The van der Waals surface area contributed by atoms with Crippen molar-refractivity contribution in [2.75, 3.05) is 0 Å². The van der Waals surface area contributed by atoms with Gasteiger partial charge in [0.25, 0.3) is 0 Å². The van der Waals surface area contributed by atoms with Gasteiger partial charge in [0, 0.05) is 0 Å². The molecule has 82 valence electrons. The monoisotopic (exact) mass is 231 g/mol. The Labute approximate surface area is 84.1 Å². The fourth-order valence-electron chi connectivity index (χ4n) is 0.600. The van der Waals surface area contributed by atoms with Crippen LogP contribution in [-0.2, 0) is 11.7 Å². The average Bonchev–Trinajstić information content (AvgIpc) is 2.28. The Morgan fingerprint density at radius 1 is 1.29 bits per heavy atom. The summed E-state index contributed by atoms with van der Waals surface area (Å²) < 4.78 is 39.8. The number of nitrogens with two attached hydrogens (primary N) is 1. The summed E-state index contributed by atoms with van der Waals surface area (Å²) in [5.74, 6) is -1.54. The van der Waals surface area contributed by atoms with Crippen LogP contribution in [0, 0.1) is 0 Å². The maximum atomic E-state index is 12.0. The lowest BCUT2D eigenvalue weighted by Crippen LogP contribution is -2.30. The third-order valence-corrected chi connectivity index (χ3v) is 1.24. The van der Waals surface area contributed by atoms with Gasteiger partial charge in [-0.3, -0.25) is 0 Å². The largest absolute Gasteiger partial charge is 0.471 e. The standard InChI is InChI=1S/C6H8F3N3O.ClH/c1-5(2,10)3-11-4(13-12-3)6(7,8)9;/h10H2,1-2H3;1H. The summed E-state index contributed by atoms with van der Waals surface area (Å²) >= 11 is 0. The van der Waals surface area contributed by atoms with Crippen LogP contribution in [0.25, 0.3) is 0 Å². The predicted molar refractivity (Wildman–Crippen MR) is 43.8 cm³/mol. The quantitative estimate of drug-likeness (QED) is 0.799. The molecule has 0 unspecified atom stereocenters. The molecule has 0 saturated heterocycles. The smallest absolute Gasteiger partial charge is 0.329 e. The highest BCUT2D eigenvalue weighted by atomic mass is 35.5. The maximum absolute atomic E-state index is 12.0. The van der Waals surface area contributed by atoms with E-state index in [-0.39, 0.29) is 18.2 Å². The van der Waals surface area contributed by atoms with Crippen LogP contribution in [0.3, 0.4) is 0 Å². The topological polar surface area (TPSA) is 64.9 Å². The number of hydrogen-bond acceptors (Lipinski definition) is 4. The van der Waals surface area contributed by atoms with E-state index in [4.69, 9.17) is 5.73 Å². The first-order valence-corrected chi connectivity index (χ1v) is 3.41. The van der Waals surface area contributed by atoms with Gasteiger partial charge < -0.3 is 10.3 Å². The fraction of sp³-hybridized carbons (Fsp3) is 0.667. The molecule has 0 bridgehead atoms. The molecule has 0 atom stereocenters. The molecular formula is C6H9ClF3N3O. The average molecular weight is 232 g/mol. The zero-order valence-electron chi connectivity index (χ0n) is 7.42. The second kappa shape index (κ2) is 3.74. The van der Waals surface area contributed by atoms with Gasteiger partial charge in [0.05, 0.1) is 5.54 Å². The molecule has 0 fully saturated rings. The van der Waals surface area contributed by atoms with Crippen molar-refractivity contribution in [1.82, 2.24) is 10.1 Å². The Kier molecular flexibility index (Phi) is 3.52. The fourth-order valence-corrected chi connectivity index (χ4v) is 0.600. The second-order valence-corrected chi connectivity index (χ2v) is 3.14. The minimum Gasteiger partial charge on any atom is -0.329 e. The van der Waals surface area contributed by atoms with Gasteiger partial charge in [-0.15, -0.1) is 12.4 Å². The normalized spacial score (nSPS) is 12.4. The van der Waals surface area contributed by atoms with Crippen molar-refractivity contribution in [3.63, 3.8) is 0 Å². The van der Waals surface area contributed by atoms with E-state index >= 15 is 0 Å².